The van der Waals surface area contributed by atoms with Gasteiger partial charge >= 0.3 is 7.60 Å². The van der Waals surface area contributed by atoms with E-state index in [1.54, 1.807) is 6.08 Å². The molecule has 0 aromatic carbocycles. The Morgan fingerprint density at radius 1 is 1.32 bits per heavy atom. The lowest BCUT2D eigenvalue weighted by Crippen LogP contribution is -2.50. The van der Waals surface area contributed by atoms with Crippen LogP contribution >= 0.6 is 16.1 Å². The zero-order valence-electron chi connectivity index (χ0n) is 19.1. The third-order valence-electron chi connectivity index (χ3n) is 5.18. The maximum Gasteiger partial charge on any atom is 0.353 e. The first kappa shape index (κ1) is 26.9. The Hall–Kier alpha value is -0.325. The Morgan fingerprint density at radius 2 is 1.97 bits per heavy atom. The zero-order chi connectivity index (χ0) is 23.2. The predicted octanol–water partition coefficient (Wildman–Crippen LogP) is 3.70. The molecule has 0 aliphatic carbocycles. The normalized spacial score (nSPS) is 29.9. The van der Waals surface area contributed by atoms with Crippen LogP contribution in [0.4, 0.5) is 0 Å². The van der Waals surface area contributed by atoms with E-state index in [1.165, 1.54) is 20.0 Å². The molecule has 0 aromatic rings. The van der Waals surface area contributed by atoms with E-state index in [0.717, 1.165) is 0 Å². The van der Waals surface area contributed by atoms with Crippen LogP contribution in [0.2, 0.25) is 0 Å². The zero-order valence-corrected chi connectivity index (χ0v) is 20.9. The Balaban J connectivity index is 2.36. The van der Waals surface area contributed by atoms with Crippen LogP contribution < -0.4 is 0 Å². The number of ether oxygens (including phenoxy) is 2. The van der Waals surface area contributed by atoms with Gasteiger partial charge in [-0.2, -0.15) is 5.26 Å². The van der Waals surface area contributed by atoms with Gasteiger partial charge in [-0.3, -0.25) is 4.57 Å². The second-order valence-corrected chi connectivity index (χ2v) is 11.4. The van der Waals surface area contributed by atoms with Crippen LogP contribution in [-0.4, -0.2) is 75.8 Å². The van der Waals surface area contributed by atoms with E-state index in [4.69, 9.17) is 40.7 Å². The molecule has 2 bridgehead atoms. The Kier molecular flexibility index (Phi) is 10.2. The molecule has 2 aliphatic rings. The third kappa shape index (κ3) is 6.38. The molecule has 0 N–H and O–H groups in total. The van der Waals surface area contributed by atoms with Gasteiger partial charge in [-0.1, -0.05) is 0 Å². The quantitative estimate of drug-likeness (QED) is 0.238. The average Bonchev–Trinajstić information content (AvgIpc) is 2.86. The number of hydrogen-bond acceptors (Lipinski definition) is 9. The summed E-state index contributed by atoms with van der Waals surface area (Å²) >= 11 is 0. The molecular formula is C19H33BN2O7P2. The minimum atomic E-state index is -3.41. The van der Waals surface area contributed by atoms with Gasteiger partial charge in [0.05, 0.1) is 25.7 Å². The lowest BCUT2D eigenvalue weighted by atomic mass is 9.85. The molecule has 2 fully saturated rings. The molecule has 0 spiro atoms. The first-order chi connectivity index (χ1) is 14.6. The first-order valence-corrected chi connectivity index (χ1v) is 13.1. The summed E-state index contributed by atoms with van der Waals surface area (Å²) in [5, 5.41) is 8.93. The van der Waals surface area contributed by atoms with Crippen molar-refractivity contribution >= 4 is 24.0 Å². The fraction of sp³-hybridized carbons (Fsp3) is 0.842. The molecule has 31 heavy (non-hydrogen) atoms. The molecule has 12 heteroatoms. The number of rotatable bonds is 12. The van der Waals surface area contributed by atoms with E-state index in [-0.39, 0.29) is 25.1 Å². The van der Waals surface area contributed by atoms with Gasteiger partial charge in [0, 0.05) is 44.5 Å². The van der Waals surface area contributed by atoms with E-state index < -0.39 is 39.9 Å². The SMILES string of the molecule is [B][C@@H]1O[C@@]2(/C=C/P(=O)(OC)OC)CCO[C@@H]1[C@@H]2OP(OCCC#N)N(C(C)C)C(C)C. The first-order valence-electron chi connectivity index (χ1n) is 10.3. The fourth-order valence-corrected chi connectivity index (χ4v) is 6.37. The monoisotopic (exact) mass is 474 g/mol. The van der Waals surface area contributed by atoms with Gasteiger partial charge in [0.1, 0.15) is 25.7 Å². The highest BCUT2D eigenvalue weighted by atomic mass is 31.2. The summed E-state index contributed by atoms with van der Waals surface area (Å²) in [6.07, 6.45) is 1.25. The summed E-state index contributed by atoms with van der Waals surface area (Å²) < 4.78 is 49.3. The van der Waals surface area contributed by atoms with Gasteiger partial charge in [-0.05, 0) is 33.8 Å². The molecule has 2 radical (unpaired) electrons. The van der Waals surface area contributed by atoms with Crippen LogP contribution in [0, 0.1) is 11.3 Å². The summed E-state index contributed by atoms with van der Waals surface area (Å²) in [6, 6.07) is 1.65. The highest BCUT2D eigenvalue weighted by Gasteiger charge is 2.57. The van der Waals surface area contributed by atoms with Crippen LogP contribution in [0.3, 0.4) is 0 Å². The lowest BCUT2D eigenvalue weighted by Gasteiger charge is -2.42. The van der Waals surface area contributed by atoms with Gasteiger partial charge in [-0.25, -0.2) is 4.67 Å². The van der Waals surface area contributed by atoms with Crippen LogP contribution in [-0.2, 0) is 32.1 Å². The standard InChI is InChI=1S/C19H33BN2O7P2/c1-14(2)22(15(3)4)30(27-11-7-10-21)29-17-16-18(20)28-19(17,8-12-26-16)9-13-31(23,24-5)25-6/h9,13-18H,7-8,11-12H2,1-6H3/b13-9+/t16-,17+,18-,19-,30?/m1/s1. The van der Waals surface area contributed by atoms with Crippen molar-refractivity contribution in [1.82, 2.24) is 4.67 Å². The number of nitriles is 1. The summed E-state index contributed by atoms with van der Waals surface area (Å²) in [5.74, 6) is 1.38. The van der Waals surface area contributed by atoms with Crippen LogP contribution in [0.15, 0.2) is 11.9 Å². The molecule has 9 nitrogen and oxygen atoms in total. The molecule has 2 heterocycles. The van der Waals surface area contributed by atoms with Gasteiger partial charge in [0.2, 0.25) is 0 Å². The molecular weight excluding hydrogens is 441 g/mol. The Morgan fingerprint density at radius 3 is 2.52 bits per heavy atom. The second kappa shape index (κ2) is 11.7. The Labute approximate surface area is 188 Å². The van der Waals surface area contributed by atoms with Crippen molar-refractivity contribution in [1.29, 1.82) is 5.26 Å². The number of nitrogens with zero attached hydrogens (tertiary/aromatic N) is 2. The minimum absolute atomic E-state index is 0.138. The summed E-state index contributed by atoms with van der Waals surface area (Å²) in [6.45, 7) is 8.90. The largest absolute Gasteiger partial charge is 0.373 e. The molecule has 0 aromatic heterocycles. The number of hydrogen-bond donors (Lipinski definition) is 0. The Bertz CT molecular complexity index is 689. The minimum Gasteiger partial charge on any atom is -0.373 e. The van der Waals surface area contributed by atoms with E-state index in [0.29, 0.717) is 13.0 Å². The lowest BCUT2D eigenvalue weighted by molar-refractivity contribution is -0.0856. The smallest absolute Gasteiger partial charge is 0.353 e. The second-order valence-electron chi connectivity index (χ2n) is 7.92. The van der Waals surface area contributed by atoms with Gasteiger partial charge in [-0.15, -0.1) is 0 Å². The topological polar surface area (TPSA) is 99.5 Å². The average molecular weight is 474 g/mol. The maximum absolute atomic E-state index is 12.6. The molecule has 2 aliphatic heterocycles. The van der Waals surface area contributed by atoms with Gasteiger partial charge in [0.15, 0.2) is 0 Å². The molecule has 2 rings (SSSR count). The van der Waals surface area contributed by atoms with Crippen LogP contribution in [0.1, 0.15) is 40.5 Å². The molecule has 0 saturated carbocycles. The summed E-state index contributed by atoms with van der Waals surface area (Å²) in [4.78, 5) is 0. The molecule has 1 unspecified atom stereocenters. The van der Waals surface area contributed by atoms with Crippen molar-refractivity contribution in [2.24, 2.45) is 0 Å². The highest BCUT2D eigenvalue weighted by molar-refractivity contribution is 7.57. The van der Waals surface area contributed by atoms with Crippen LogP contribution in [0.25, 0.3) is 0 Å². The fourth-order valence-electron chi connectivity index (χ4n) is 3.75. The van der Waals surface area contributed by atoms with E-state index >= 15 is 0 Å². The molecule has 2 saturated heterocycles. The highest BCUT2D eigenvalue weighted by Crippen LogP contribution is 2.55. The van der Waals surface area contributed by atoms with Gasteiger partial charge < -0.3 is 27.6 Å². The number of fused-ring (bicyclic) bond motifs is 2. The van der Waals surface area contributed by atoms with Crippen molar-refractivity contribution in [3.8, 4) is 6.07 Å². The van der Waals surface area contributed by atoms with Crippen molar-refractivity contribution in [3.05, 3.63) is 11.9 Å². The van der Waals surface area contributed by atoms with E-state index in [2.05, 4.69) is 38.4 Å². The third-order valence-corrected chi connectivity index (χ3v) is 8.82. The van der Waals surface area contributed by atoms with E-state index in [9.17, 15) is 4.57 Å². The summed E-state index contributed by atoms with van der Waals surface area (Å²) in [7, 11) is 3.89. The van der Waals surface area contributed by atoms with Crippen molar-refractivity contribution in [2.75, 3.05) is 27.4 Å². The van der Waals surface area contributed by atoms with Crippen molar-refractivity contribution in [3.63, 3.8) is 0 Å². The molecule has 5 atom stereocenters. The van der Waals surface area contributed by atoms with E-state index in [1.807, 2.05) is 0 Å². The summed E-state index contributed by atoms with van der Waals surface area (Å²) in [5.41, 5.74) is -0.964. The van der Waals surface area contributed by atoms with Gasteiger partial charge in [0.25, 0.3) is 8.53 Å². The predicted molar refractivity (Wildman–Crippen MR) is 119 cm³/mol. The molecule has 0 amide bonds. The maximum atomic E-state index is 12.6. The van der Waals surface area contributed by atoms with Crippen LogP contribution in [0.5, 0.6) is 0 Å². The van der Waals surface area contributed by atoms with Crippen molar-refractivity contribution in [2.45, 2.75) is 76.4 Å². The molecule has 174 valence electrons. The van der Waals surface area contributed by atoms with Crippen molar-refractivity contribution < 1.29 is 32.1 Å².